The Labute approximate surface area is 180 Å². The van der Waals surface area contributed by atoms with Gasteiger partial charge >= 0.3 is 12.1 Å². The Morgan fingerprint density at radius 2 is 1.84 bits per heavy atom. The van der Waals surface area contributed by atoms with Gasteiger partial charge in [0.2, 0.25) is 10.0 Å². The number of benzene rings is 1. The van der Waals surface area contributed by atoms with E-state index in [9.17, 15) is 21.6 Å². The maximum atomic E-state index is 12.3. The minimum atomic E-state index is -5.08. The number of sulfonamides is 1. The van der Waals surface area contributed by atoms with Gasteiger partial charge in [-0.05, 0) is 31.9 Å². The van der Waals surface area contributed by atoms with Gasteiger partial charge in [-0.15, -0.1) is 0 Å². The molecule has 1 unspecified atom stereocenters. The van der Waals surface area contributed by atoms with Gasteiger partial charge < -0.3 is 14.7 Å². The molecule has 1 atom stereocenters. The first-order valence-electron chi connectivity index (χ1n) is 10.2. The number of carboxylic acids is 1. The largest absolute Gasteiger partial charge is 0.490 e. The molecule has 1 aromatic carbocycles. The van der Waals surface area contributed by atoms with Crippen LogP contribution < -0.4 is 9.46 Å². The van der Waals surface area contributed by atoms with Crippen LogP contribution in [0.4, 0.5) is 13.2 Å². The molecule has 7 nitrogen and oxygen atoms in total. The third-order valence-electron chi connectivity index (χ3n) is 5.45. The predicted molar refractivity (Wildman–Crippen MR) is 109 cm³/mol. The SMILES string of the molecule is CCCS(=O)(=O)NC1CC2(CCN(CC)CC2)Oc2ccccc21.O=C(O)C(F)(F)F. The maximum absolute atomic E-state index is 12.3. The second kappa shape index (κ2) is 10.2. The molecule has 2 N–H and O–H groups in total. The third-order valence-corrected chi connectivity index (χ3v) is 7.04. The molecule has 3 rings (SSSR count). The number of para-hydroxylation sites is 1. The zero-order chi connectivity index (χ0) is 23.3. The Bertz CT molecular complexity index is 853. The Morgan fingerprint density at radius 3 is 2.35 bits per heavy atom. The van der Waals surface area contributed by atoms with Gasteiger partial charge in [0.05, 0.1) is 11.8 Å². The summed E-state index contributed by atoms with van der Waals surface area (Å²) in [5.41, 5.74) is 0.708. The number of aliphatic carboxylic acids is 1. The van der Waals surface area contributed by atoms with Crippen LogP contribution in [0.1, 0.15) is 51.1 Å². The van der Waals surface area contributed by atoms with E-state index in [1.807, 2.05) is 31.2 Å². The van der Waals surface area contributed by atoms with Gasteiger partial charge in [0, 0.05) is 25.1 Å². The van der Waals surface area contributed by atoms with Crippen molar-refractivity contribution in [3.05, 3.63) is 29.8 Å². The second-order valence-electron chi connectivity index (χ2n) is 7.75. The van der Waals surface area contributed by atoms with Gasteiger partial charge in [0.1, 0.15) is 11.4 Å². The molecule has 0 saturated carbocycles. The van der Waals surface area contributed by atoms with Crippen LogP contribution >= 0.6 is 0 Å². The van der Waals surface area contributed by atoms with Crippen molar-refractivity contribution in [2.24, 2.45) is 0 Å². The molecule has 1 spiro atoms. The molecule has 0 radical (unpaired) electrons. The summed E-state index contributed by atoms with van der Waals surface area (Å²) >= 11 is 0. The molecular formula is C20H29F3N2O5S. The molecular weight excluding hydrogens is 437 g/mol. The van der Waals surface area contributed by atoms with E-state index in [4.69, 9.17) is 14.6 Å². The topological polar surface area (TPSA) is 95.9 Å². The molecule has 0 amide bonds. The number of hydrogen-bond acceptors (Lipinski definition) is 5. The van der Waals surface area contributed by atoms with E-state index in [-0.39, 0.29) is 17.4 Å². The lowest BCUT2D eigenvalue weighted by molar-refractivity contribution is -0.192. The number of piperidine rings is 1. The number of ether oxygens (including phenoxy) is 1. The van der Waals surface area contributed by atoms with Gasteiger partial charge in [0.15, 0.2) is 0 Å². The number of nitrogens with one attached hydrogen (secondary N) is 1. The normalized spacial score (nSPS) is 20.9. The highest BCUT2D eigenvalue weighted by Gasteiger charge is 2.43. The number of carbonyl (C=O) groups is 1. The Morgan fingerprint density at radius 1 is 1.26 bits per heavy atom. The van der Waals surface area contributed by atoms with Gasteiger partial charge in [-0.3, -0.25) is 0 Å². The van der Waals surface area contributed by atoms with Crippen molar-refractivity contribution < 1.29 is 36.2 Å². The molecule has 11 heteroatoms. The van der Waals surface area contributed by atoms with Gasteiger partial charge in [-0.25, -0.2) is 17.9 Å². The van der Waals surface area contributed by atoms with E-state index in [1.165, 1.54) is 0 Å². The summed E-state index contributed by atoms with van der Waals surface area (Å²) in [7, 11) is -3.26. The van der Waals surface area contributed by atoms with Crippen molar-refractivity contribution in [1.29, 1.82) is 0 Å². The second-order valence-corrected chi connectivity index (χ2v) is 9.63. The average molecular weight is 467 g/mol. The number of likely N-dealkylation sites (tertiary alicyclic amines) is 1. The molecule has 0 bridgehead atoms. The third kappa shape index (κ3) is 7.08. The summed E-state index contributed by atoms with van der Waals surface area (Å²) in [6.07, 6.45) is -1.86. The van der Waals surface area contributed by atoms with Crippen LogP contribution in [0, 0.1) is 0 Å². The van der Waals surface area contributed by atoms with Crippen LogP contribution in [0.3, 0.4) is 0 Å². The molecule has 1 fully saturated rings. The average Bonchev–Trinajstić information content (AvgIpc) is 2.68. The first-order chi connectivity index (χ1) is 14.4. The van der Waals surface area contributed by atoms with E-state index >= 15 is 0 Å². The van der Waals surface area contributed by atoms with Crippen molar-refractivity contribution in [2.45, 2.75) is 57.3 Å². The summed E-state index contributed by atoms with van der Waals surface area (Å²) in [4.78, 5) is 11.3. The number of carboxylic acid groups (broad SMARTS) is 1. The smallest absolute Gasteiger partial charge is 0.487 e. The first-order valence-corrected chi connectivity index (χ1v) is 11.9. The van der Waals surface area contributed by atoms with Crippen molar-refractivity contribution >= 4 is 16.0 Å². The summed E-state index contributed by atoms with van der Waals surface area (Å²) in [6, 6.07) is 7.64. The molecule has 176 valence electrons. The van der Waals surface area contributed by atoms with E-state index < -0.39 is 22.2 Å². The lowest BCUT2D eigenvalue weighted by Gasteiger charge is -2.46. The zero-order valence-electron chi connectivity index (χ0n) is 17.6. The summed E-state index contributed by atoms with van der Waals surface area (Å²) in [6.45, 7) is 7.13. The Kier molecular flexibility index (Phi) is 8.34. The van der Waals surface area contributed by atoms with Crippen LogP contribution in [-0.4, -0.2) is 61.6 Å². The molecule has 1 saturated heterocycles. The van der Waals surface area contributed by atoms with Crippen LogP contribution in [0.5, 0.6) is 5.75 Å². The molecule has 2 aliphatic heterocycles. The summed E-state index contributed by atoms with van der Waals surface area (Å²) < 4.78 is 65.7. The predicted octanol–water partition coefficient (Wildman–Crippen LogP) is 3.33. The maximum Gasteiger partial charge on any atom is 0.490 e. The van der Waals surface area contributed by atoms with Crippen molar-refractivity contribution in [1.82, 2.24) is 9.62 Å². The highest BCUT2D eigenvalue weighted by atomic mass is 32.2. The fraction of sp³-hybridized carbons (Fsp3) is 0.650. The molecule has 31 heavy (non-hydrogen) atoms. The minimum absolute atomic E-state index is 0.170. The van der Waals surface area contributed by atoms with Gasteiger partial charge in [0.25, 0.3) is 0 Å². The lowest BCUT2D eigenvalue weighted by atomic mass is 9.81. The number of rotatable bonds is 5. The minimum Gasteiger partial charge on any atom is -0.487 e. The summed E-state index contributed by atoms with van der Waals surface area (Å²) in [5.74, 6) is -1.76. The fourth-order valence-corrected chi connectivity index (χ4v) is 5.15. The lowest BCUT2D eigenvalue weighted by Crippen LogP contribution is -2.52. The van der Waals surface area contributed by atoms with E-state index in [1.54, 1.807) is 0 Å². The highest BCUT2D eigenvalue weighted by Crippen LogP contribution is 2.44. The van der Waals surface area contributed by atoms with Gasteiger partial charge in [-0.2, -0.15) is 13.2 Å². The zero-order valence-corrected chi connectivity index (χ0v) is 18.4. The number of fused-ring (bicyclic) bond motifs is 1. The van der Waals surface area contributed by atoms with E-state index in [0.717, 1.165) is 43.8 Å². The van der Waals surface area contributed by atoms with Gasteiger partial charge in [-0.1, -0.05) is 32.0 Å². The molecule has 2 aliphatic rings. The van der Waals surface area contributed by atoms with Crippen LogP contribution in [0.25, 0.3) is 0 Å². The number of hydrogen-bond donors (Lipinski definition) is 2. The van der Waals surface area contributed by atoms with Crippen molar-refractivity contribution in [3.8, 4) is 5.75 Å². The molecule has 0 aliphatic carbocycles. The van der Waals surface area contributed by atoms with Crippen LogP contribution in [0.2, 0.25) is 0 Å². The number of halogens is 3. The quantitative estimate of drug-likeness (QED) is 0.691. The van der Waals surface area contributed by atoms with E-state index in [0.29, 0.717) is 12.8 Å². The first kappa shape index (κ1) is 25.4. The fourth-order valence-electron chi connectivity index (χ4n) is 3.85. The Hall–Kier alpha value is -1.85. The molecule has 1 aromatic rings. The Balaban J connectivity index is 0.000000423. The van der Waals surface area contributed by atoms with Crippen molar-refractivity contribution in [2.75, 3.05) is 25.4 Å². The number of alkyl halides is 3. The monoisotopic (exact) mass is 466 g/mol. The highest BCUT2D eigenvalue weighted by molar-refractivity contribution is 7.89. The number of nitrogens with zero attached hydrogens (tertiary/aromatic N) is 1. The van der Waals surface area contributed by atoms with Crippen molar-refractivity contribution in [3.63, 3.8) is 0 Å². The molecule has 0 aromatic heterocycles. The molecule has 2 heterocycles. The van der Waals surface area contributed by atoms with E-state index in [2.05, 4.69) is 16.5 Å². The van der Waals surface area contributed by atoms with Crippen LogP contribution in [0.15, 0.2) is 24.3 Å². The summed E-state index contributed by atoms with van der Waals surface area (Å²) in [5, 5.41) is 7.12. The van der Waals surface area contributed by atoms with Crippen LogP contribution in [-0.2, 0) is 14.8 Å². The standard InChI is InChI=1S/C18H28N2O3S.C2HF3O2/c1-3-13-24(21,22)19-16-14-18(9-11-20(4-2)12-10-18)23-17-8-6-5-7-15(16)17;3-2(4,5)1(6)7/h5-8,16,19H,3-4,9-14H2,1-2H3;(H,6,7).